The zero-order valence-corrected chi connectivity index (χ0v) is 17.1. The third-order valence-electron chi connectivity index (χ3n) is 3.77. The van der Waals surface area contributed by atoms with Crippen LogP contribution in [0.5, 0.6) is 0 Å². The Hall–Kier alpha value is -1.41. The zero-order chi connectivity index (χ0) is 18.5. The van der Waals surface area contributed by atoms with Crippen LogP contribution in [0.1, 0.15) is 24.0 Å². The van der Waals surface area contributed by atoms with Gasteiger partial charge in [0.05, 0.1) is 21.6 Å². The number of nitrogens with zero attached hydrogens (tertiary/aromatic N) is 3. The van der Waals surface area contributed by atoms with Crippen LogP contribution in [0.3, 0.4) is 0 Å². The predicted molar refractivity (Wildman–Crippen MR) is 109 cm³/mol. The summed E-state index contributed by atoms with van der Waals surface area (Å²) >= 11 is 9.22. The molecule has 0 amide bonds. The molecule has 5 nitrogen and oxygen atoms in total. The lowest BCUT2D eigenvalue weighted by Gasteiger charge is -2.13. The Morgan fingerprint density at radius 1 is 1.35 bits per heavy atom. The molecule has 0 fully saturated rings. The van der Waals surface area contributed by atoms with Crippen molar-refractivity contribution in [3.8, 4) is 0 Å². The van der Waals surface area contributed by atoms with Gasteiger partial charge in [0.2, 0.25) is 0 Å². The van der Waals surface area contributed by atoms with E-state index in [4.69, 9.17) is 21.3 Å². The lowest BCUT2D eigenvalue weighted by molar-refractivity contribution is 0.140. The van der Waals surface area contributed by atoms with Crippen LogP contribution in [0.15, 0.2) is 33.5 Å². The molecule has 3 rings (SSSR count). The van der Waals surface area contributed by atoms with Gasteiger partial charge in [0.25, 0.3) is 5.56 Å². The van der Waals surface area contributed by atoms with Crippen LogP contribution >= 0.6 is 34.7 Å². The minimum atomic E-state index is -0.0416. The molecule has 2 aromatic heterocycles. The van der Waals surface area contributed by atoms with Crippen LogP contribution in [0, 0.1) is 6.92 Å². The summed E-state index contributed by atoms with van der Waals surface area (Å²) in [5.41, 5.74) is 1.58. The van der Waals surface area contributed by atoms with E-state index in [1.165, 1.54) is 11.8 Å². The molecular weight excluding hydrogens is 390 g/mol. The van der Waals surface area contributed by atoms with Crippen LogP contribution in [-0.2, 0) is 17.0 Å². The number of thiazole rings is 1. The summed E-state index contributed by atoms with van der Waals surface area (Å²) in [5.74, 6) is 0.675. The normalized spacial score (nSPS) is 11.3. The highest BCUT2D eigenvalue weighted by Gasteiger charge is 2.13. The second-order valence-electron chi connectivity index (χ2n) is 5.71. The average Bonchev–Trinajstić information content (AvgIpc) is 3.03. The Bertz CT molecular complexity index is 955. The number of rotatable bonds is 8. The van der Waals surface area contributed by atoms with Gasteiger partial charge in [-0.25, -0.2) is 9.97 Å². The first-order chi connectivity index (χ1) is 12.6. The fourth-order valence-corrected chi connectivity index (χ4v) is 4.37. The first-order valence-corrected chi connectivity index (χ1v) is 10.6. The maximum Gasteiger partial charge on any atom is 0.262 e. The van der Waals surface area contributed by atoms with Crippen LogP contribution in [0.4, 0.5) is 0 Å². The monoisotopic (exact) mass is 409 g/mol. The summed E-state index contributed by atoms with van der Waals surface area (Å²) in [6.45, 7) is 5.82. The maximum atomic E-state index is 13.0. The van der Waals surface area contributed by atoms with Crippen LogP contribution in [0.25, 0.3) is 10.9 Å². The summed E-state index contributed by atoms with van der Waals surface area (Å²) in [4.78, 5) is 22.1. The van der Waals surface area contributed by atoms with E-state index in [9.17, 15) is 4.79 Å². The first kappa shape index (κ1) is 19.4. The first-order valence-electron chi connectivity index (χ1n) is 8.40. The van der Waals surface area contributed by atoms with Gasteiger partial charge in [0.1, 0.15) is 0 Å². The Morgan fingerprint density at radius 2 is 2.19 bits per heavy atom. The van der Waals surface area contributed by atoms with Crippen LogP contribution in [0.2, 0.25) is 5.02 Å². The molecule has 3 aromatic rings. The quantitative estimate of drug-likeness (QED) is 0.310. The van der Waals surface area contributed by atoms with E-state index >= 15 is 0 Å². The summed E-state index contributed by atoms with van der Waals surface area (Å²) < 4.78 is 7.14. The minimum Gasteiger partial charge on any atom is -0.382 e. The standard InChI is InChI=1S/C18H20ClN3O2S2/c1-3-24-8-4-7-22-17(23)15-6-5-13(19)9-16(15)21-18(22)26-11-14-10-25-12(2)20-14/h5-6,9-10H,3-4,7-8,11H2,1-2H3. The van der Waals surface area contributed by atoms with E-state index in [-0.39, 0.29) is 5.56 Å². The van der Waals surface area contributed by atoms with E-state index in [1.54, 1.807) is 34.1 Å². The molecule has 2 heterocycles. The van der Waals surface area contributed by atoms with E-state index in [1.807, 2.05) is 19.2 Å². The van der Waals surface area contributed by atoms with Crippen molar-refractivity contribution < 1.29 is 4.74 Å². The predicted octanol–water partition coefficient (Wildman–Crippen LogP) is 4.53. The topological polar surface area (TPSA) is 57.0 Å². The molecule has 138 valence electrons. The molecule has 0 aliphatic rings. The van der Waals surface area contributed by atoms with Crippen molar-refractivity contribution in [1.82, 2.24) is 14.5 Å². The number of hydrogen-bond acceptors (Lipinski definition) is 6. The summed E-state index contributed by atoms with van der Waals surface area (Å²) in [6, 6.07) is 5.20. The molecule has 0 spiro atoms. The highest BCUT2D eigenvalue weighted by molar-refractivity contribution is 7.98. The number of benzene rings is 1. The number of thioether (sulfide) groups is 1. The van der Waals surface area contributed by atoms with Gasteiger partial charge in [-0.05, 0) is 38.5 Å². The Morgan fingerprint density at radius 3 is 2.92 bits per heavy atom. The fourth-order valence-electron chi connectivity index (χ4n) is 2.56. The molecule has 0 aliphatic heterocycles. The molecule has 0 atom stereocenters. The highest BCUT2D eigenvalue weighted by Crippen LogP contribution is 2.24. The molecule has 0 N–H and O–H groups in total. The van der Waals surface area contributed by atoms with Gasteiger partial charge >= 0.3 is 0 Å². The summed E-state index contributed by atoms with van der Waals surface area (Å²) in [6.07, 6.45) is 0.762. The lowest BCUT2D eigenvalue weighted by atomic mass is 10.2. The zero-order valence-electron chi connectivity index (χ0n) is 14.7. The summed E-state index contributed by atoms with van der Waals surface area (Å²) in [7, 11) is 0. The molecule has 0 bridgehead atoms. The van der Waals surface area contributed by atoms with E-state index in [0.717, 1.165) is 17.1 Å². The molecule has 0 saturated carbocycles. The Balaban J connectivity index is 1.92. The fraction of sp³-hybridized carbons (Fsp3) is 0.389. The largest absolute Gasteiger partial charge is 0.382 e. The molecule has 0 unspecified atom stereocenters. The van der Waals surface area contributed by atoms with Crippen molar-refractivity contribution in [3.63, 3.8) is 0 Å². The van der Waals surface area contributed by atoms with Gasteiger partial charge in [0, 0.05) is 35.9 Å². The second kappa shape index (κ2) is 8.99. The number of aromatic nitrogens is 3. The molecular formula is C18H20ClN3O2S2. The Labute approximate surface area is 165 Å². The number of halogens is 1. The van der Waals surface area contributed by atoms with E-state index in [0.29, 0.717) is 46.6 Å². The van der Waals surface area contributed by atoms with E-state index in [2.05, 4.69) is 4.98 Å². The van der Waals surface area contributed by atoms with Crippen molar-refractivity contribution in [2.45, 2.75) is 37.7 Å². The number of hydrogen-bond donors (Lipinski definition) is 0. The molecule has 0 aliphatic carbocycles. The molecule has 8 heteroatoms. The van der Waals surface area contributed by atoms with Gasteiger partial charge in [-0.2, -0.15) is 0 Å². The molecule has 0 radical (unpaired) electrons. The number of ether oxygens (including phenoxy) is 1. The SMILES string of the molecule is CCOCCCn1c(SCc2csc(C)n2)nc2cc(Cl)ccc2c1=O. The highest BCUT2D eigenvalue weighted by atomic mass is 35.5. The van der Waals surface area contributed by atoms with Gasteiger partial charge in [-0.3, -0.25) is 9.36 Å². The smallest absolute Gasteiger partial charge is 0.262 e. The number of aryl methyl sites for hydroxylation is 1. The Kier molecular flexibility index (Phi) is 6.69. The van der Waals surface area contributed by atoms with Crippen LogP contribution in [-0.4, -0.2) is 27.7 Å². The van der Waals surface area contributed by atoms with Crippen molar-refractivity contribution >= 4 is 45.6 Å². The lowest BCUT2D eigenvalue weighted by Crippen LogP contribution is -2.24. The van der Waals surface area contributed by atoms with Crippen LogP contribution < -0.4 is 5.56 Å². The summed E-state index contributed by atoms with van der Waals surface area (Å²) in [5, 5.41) is 4.92. The third kappa shape index (κ3) is 4.65. The molecule has 26 heavy (non-hydrogen) atoms. The van der Waals surface area contributed by atoms with Gasteiger partial charge in [-0.1, -0.05) is 23.4 Å². The molecule has 1 aromatic carbocycles. The van der Waals surface area contributed by atoms with Crippen molar-refractivity contribution in [3.05, 3.63) is 49.7 Å². The third-order valence-corrected chi connectivity index (χ3v) is 5.84. The molecule has 0 saturated heterocycles. The number of fused-ring (bicyclic) bond motifs is 1. The van der Waals surface area contributed by atoms with Gasteiger partial charge in [-0.15, -0.1) is 11.3 Å². The second-order valence-corrected chi connectivity index (χ2v) is 8.15. The van der Waals surface area contributed by atoms with Gasteiger partial charge < -0.3 is 4.74 Å². The maximum absolute atomic E-state index is 13.0. The minimum absolute atomic E-state index is 0.0416. The van der Waals surface area contributed by atoms with Gasteiger partial charge in [0.15, 0.2) is 5.16 Å². The van der Waals surface area contributed by atoms with Crippen molar-refractivity contribution in [2.24, 2.45) is 0 Å². The van der Waals surface area contributed by atoms with E-state index < -0.39 is 0 Å². The average molecular weight is 410 g/mol. The van der Waals surface area contributed by atoms with Crippen molar-refractivity contribution in [2.75, 3.05) is 13.2 Å². The van der Waals surface area contributed by atoms with Crippen molar-refractivity contribution in [1.29, 1.82) is 0 Å².